The summed E-state index contributed by atoms with van der Waals surface area (Å²) in [5, 5.41) is 11.2. The summed E-state index contributed by atoms with van der Waals surface area (Å²) in [5.74, 6) is 0.674. The zero-order valence-corrected chi connectivity index (χ0v) is 14.7. The van der Waals surface area contributed by atoms with Gasteiger partial charge in [-0.15, -0.1) is 0 Å². The molecule has 0 bridgehead atoms. The summed E-state index contributed by atoms with van der Waals surface area (Å²) in [6, 6.07) is 11.0. The maximum Gasteiger partial charge on any atom is 0.147 e. The zero-order valence-electron chi connectivity index (χ0n) is 10.8. The van der Waals surface area contributed by atoms with Crippen molar-refractivity contribution in [3.8, 4) is 5.75 Å². The number of benzene rings is 2. The molecule has 0 heterocycles. The number of hydrogen-bond acceptors (Lipinski definition) is 2. The third kappa shape index (κ3) is 3.19. The predicted octanol–water partition coefficient (Wildman–Crippen LogP) is 5.37. The fourth-order valence-corrected chi connectivity index (χ4v) is 3.08. The molecular formula is C16H11Br2ClO2. The molecule has 0 unspecified atom stereocenters. The Morgan fingerprint density at radius 3 is 2.43 bits per heavy atom. The first kappa shape index (κ1) is 15.1. The molecule has 0 aliphatic heterocycles. The predicted molar refractivity (Wildman–Crippen MR) is 91.7 cm³/mol. The lowest BCUT2D eigenvalue weighted by Gasteiger charge is -2.27. The number of fused-ring (bicyclic) bond motifs is 1. The Hall–Kier alpha value is -0.810. The molecule has 21 heavy (non-hydrogen) atoms. The van der Waals surface area contributed by atoms with E-state index in [0.717, 1.165) is 20.1 Å². The number of rotatable bonds is 2. The van der Waals surface area contributed by atoms with Crippen molar-refractivity contribution in [1.82, 2.24) is 0 Å². The van der Waals surface area contributed by atoms with Crippen LogP contribution in [0.4, 0.5) is 0 Å². The zero-order chi connectivity index (χ0) is 15.0. The van der Waals surface area contributed by atoms with Gasteiger partial charge in [0, 0.05) is 14.0 Å². The topological polar surface area (TPSA) is 29.5 Å². The first-order valence-corrected chi connectivity index (χ1v) is 8.28. The molecule has 5 heteroatoms. The molecule has 0 saturated heterocycles. The maximum atomic E-state index is 10.5. The number of hydrogen-bond donors (Lipinski definition) is 1. The third-order valence-corrected chi connectivity index (χ3v) is 5.40. The molecule has 2 aromatic carbocycles. The highest BCUT2D eigenvalue weighted by molar-refractivity contribution is 9.13. The molecule has 1 aliphatic rings. The van der Waals surface area contributed by atoms with Gasteiger partial charge in [0.15, 0.2) is 0 Å². The first-order chi connectivity index (χ1) is 10.0. The fourth-order valence-electron chi connectivity index (χ4n) is 2.23. The van der Waals surface area contributed by atoms with Crippen molar-refractivity contribution >= 4 is 49.5 Å². The Morgan fingerprint density at radius 1 is 1.05 bits per heavy atom. The standard InChI is InChI=1S/C16H11Br2ClO2/c17-13-7-9-1-6-15(16(20)12(9)8-14(13)18)21-11-4-2-10(19)3-5-11/h1-8,15-16,20H/t15-,16-/m0/s1. The van der Waals surface area contributed by atoms with Crippen molar-refractivity contribution in [2.75, 3.05) is 0 Å². The van der Waals surface area contributed by atoms with Gasteiger partial charge in [-0.25, -0.2) is 0 Å². The van der Waals surface area contributed by atoms with Gasteiger partial charge in [0.1, 0.15) is 18.0 Å². The van der Waals surface area contributed by atoms with E-state index in [0.29, 0.717) is 10.8 Å². The minimum absolute atomic E-state index is 0.424. The van der Waals surface area contributed by atoms with E-state index in [1.807, 2.05) is 24.3 Å². The van der Waals surface area contributed by atoms with Crippen LogP contribution in [0.3, 0.4) is 0 Å². The third-order valence-electron chi connectivity index (χ3n) is 3.31. The van der Waals surface area contributed by atoms with Crippen LogP contribution in [0.25, 0.3) is 6.08 Å². The van der Waals surface area contributed by atoms with Crippen LogP contribution in [0.15, 0.2) is 51.4 Å². The van der Waals surface area contributed by atoms with Gasteiger partial charge in [0.2, 0.25) is 0 Å². The lowest BCUT2D eigenvalue weighted by Crippen LogP contribution is -2.26. The van der Waals surface area contributed by atoms with Crippen LogP contribution in [0.5, 0.6) is 5.75 Å². The van der Waals surface area contributed by atoms with E-state index in [-0.39, 0.29) is 0 Å². The normalized spacial score (nSPS) is 20.2. The Balaban J connectivity index is 1.87. The Kier molecular flexibility index (Phi) is 4.41. The summed E-state index contributed by atoms with van der Waals surface area (Å²) in [7, 11) is 0. The quantitative estimate of drug-likeness (QED) is 0.694. The maximum absolute atomic E-state index is 10.5. The Morgan fingerprint density at radius 2 is 1.71 bits per heavy atom. The average Bonchev–Trinajstić information content (AvgIpc) is 2.47. The lowest BCUT2D eigenvalue weighted by atomic mass is 9.93. The van der Waals surface area contributed by atoms with E-state index in [1.165, 1.54) is 0 Å². The molecule has 2 atom stereocenters. The lowest BCUT2D eigenvalue weighted by molar-refractivity contribution is 0.0623. The second kappa shape index (κ2) is 6.13. The minimum atomic E-state index is -0.718. The molecule has 108 valence electrons. The van der Waals surface area contributed by atoms with Crippen LogP contribution in [0.2, 0.25) is 5.02 Å². The monoisotopic (exact) mass is 428 g/mol. The van der Waals surface area contributed by atoms with Gasteiger partial charge in [-0.2, -0.15) is 0 Å². The highest BCUT2D eigenvalue weighted by Crippen LogP contribution is 2.36. The van der Waals surface area contributed by atoms with Crippen LogP contribution in [-0.2, 0) is 0 Å². The second-order valence-corrected chi connectivity index (χ2v) is 6.88. The summed E-state index contributed by atoms with van der Waals surface area (Å²) in [4.78, 5) is 0. The average molecular weight is 431 g/mol. The minimum Gasteiger partial charge on any atom is -0.483 e. The highest BCUT2D eigenvalue weighted by Gasteiger charge is 2.26. The van der Waals surface area contributed by atoms with Gasteiger partial charge in [-0.05, 0) is 85.5 Å². The van der Waals surface area contributed by atoms with Gasteiger partial charge >= 0.3 is 0 Å². The van der Waals surface area contributed by atoms with Gasteiger partial charge < -0.3 is 9.84 Å². The largest absolute Gasteiger partial charge is 0.483 e. The molecular weight excluding hydrogens is 419 g/mol. The van der Waals surface area contributed by atoms with Crippen LogP contribution >= 0.6 is 43.5 Å². The molecule has 2 nitrogen and oxygen atoms in total. The van der Waals surface area contributed by atoms with Crippen molar-refractivity contribution in [1.29, 1.82) is 0 Å². The van der Waals surface area contributed by atoms with Crippen LogP contribution in [0.1, 0.15) is 17.2 Å². The smallest absolute Gasteiger partial charge is 0.147 e. The molecule has 0 aromatic heterocycles. The second-order valence-electron chi connectivity index (χ2n) is 4.74. The number of aliphatic hydroxyl groups excluding tert-OH is 1. The molecule has 1 aliphatic carbocycles. The Bertz CT molecular complexity index is 698. The highest BCUT2D eigenvalue weighted by atomic mass is 79.9. The van der Waals surface area contributed by atoms with E-state index >= 15 is 0 Å². The SMILES string of the molecule is O[C@H]1c2cc(Br)c(Br)cc2C=C[C@@H]1Oc1ccc(Cl)cc1. The van der Waals surface area contributed by atoms with Gasteiger partial charge in [-0.3, -0.25) is 0 Å². The van der Waals surface area contributed by atoms with E-state index in [1.54, 1.807) is 24.3 Å². The summed E-state index contributed by atoms with van der Waals surface area (Å²) in [5.41, 5.74) is 1.82. The summed E-state index contributed by atoms with van der Waals surface area (Å²) in [6.07, 6.45) is 2.68. The fraction of sp³-hybridized carbons (Fsp3) is 0.125. The summed E-state index contributed by atoms with van der Waals surface area (Å²) in [6.45, 7) is 0. The van der Waals surface area contributed by atoms with E-state index < -0.39 is 12.2 Å². The van der Waals surface area contributed by atoms with E-state index in [9.17, 15) is 5.11 Å². The van der Waals surface area contributed by atoms with Crippen molar-refractivity contribution in [2.45, 2.75) is 12.2 Å². The number of halogens is 3. The van der Waals surface area contributed by atoms with Gasteiger partial charge in [0.25, 0.3) is 0 Å². The van der Waals surface area contributed by atoms with Crippen molar-refractivity contribution in [3.05, 3.63) is 67.6 Å². The van der Waals surface area contributed by atoms with E-state index in [2.05, 4.69) is 31.9 Å². The molecule has 0 radical (unpaired) electrons. The molecule has 0 spiro atoms. The first-order valence-electron chi connectivity index (χ1n) is 6.32. The molecule has 0 amide bonds. The molecule has 0 fully saturated rings. The summed E-state index contributed by atoms with van der Waals surface area (Å²) < 4.78 is 7.68. The molecule has 1 N–H and O–H groups in total. The number of ether oxygens (including phenoxy) is 1. The summed E-state index contributed by atoms with van der Waals surface area (Å²) >= 11 is 12.8. The molecule has 0 saturated carbocycles. The van der Waals surface area contributed by atoms with E-state index in [4.69, 9.17) is 16.3 Å². The van der Waals surface area contributed by atoms with Crippen LogP contribution in [-0.4, -0.2) is 11.2 Å². The molecule has 3 rings (SSSR count). The molecule has 2 aromatic rings. The van der Waals surface area contributed by atoms with Crippen molar-refractivity contribution in [3.63, 3.8) is 0 Å². The van der Waals surface area contributed by atoms with Crippen LogP contribution < -0.4 is 4.74 Å². The van der Waals surface area contributed by atoms with Gasteiger partial charge in [0.05, 0.1) is 0 Å². The van der Waals surface area contributed by atoms with Crippen molar-refractivity contribution in [2.24, 2.45) is 0 Å². The number of aliphatic hydroxyl groups is 1. The van der Waals surface area contributed by atoms with Crippen LogP contribution in [0, 0.1) is 0 Å². The Labute approximate surface area is 144 Å². The van der Waals surface area contributed by atoms with Crippen molar-refractivity contribution < 1.29 is 9.84 Å². The van der Waals surface area contributed by atoms with Gasteiger partial charge in [-0.1, -0.05) is 17.7 Å².